The fourth-order valence-corrected chi connectivity index (χ4v) is 2.98. The second-order valence-corrected chi connectivity index (χ2v) is 5.60. The minimum atomic E-state index is -3.39. The van der Waals surface area contributed by atoms with Gasteiger partial charge in [0.05, 0.1) is 13.2 Å². The Morgan fingerprint density at radius 3 is 2.62 bits per heavy atom. The highest BCUT2D eigenvalue weighted by atomic mass is 32.2. The van der Waals surface area contributed by atoms with Crippen LogP contribution in [0.5, 0.6) is 0 Å². The first-order valence-corrected chi connectivity index (χ1v) is 6.96. The maximum Gasteiger partial charge on any atom is 0.279 e. The van der Waals surface area contributed by atoms with Gasteiger partial charge in [0.1, 0.15) is 0 Å². The Morgan fingerprint density at radius 2 is 2.06 bits per heavy atom. The number of aliphatic hydroxyl groups is 1. The molecule has 1 saturated heterocycles. The molecule has 1 aliphatic rings. The summed E-state index contributed by atoms with van der Waals surface area (Å²) in [4.78, 5) is 0. The van der Waals surface area contributed by atoms with Gasteiger partial charge in [0.2, 0.25) is 0 Å². The fourth-order valence-electron chi connectivity index (χ4n) is 1.57. The maximum atomic E-state index is 11.9. The lowest BCUT2D eigenvalue weighted by atomic mass is 10.2. The van der Waals surface area contributed by atoms with E-state index in [4.69, 9.17) is 9.84 Å². The van der Waals surface area contributed by atoms with E-state index >= 15 is 0 Å². The van der Waals surface area contributed by atoms with Crippen molar-refractivity contribution < 1.29 is 18.3 Å². The van der Waals surface area contributed by atoms with Gasteiger partial charge in [-0.25, -0.2) is 0 Å². The summed E-state index contributed by atoms with van der Waals surface area (Å²) >= 11 is 0. The Balaban J connectivity index is 2.43. The second kappa shape index (κ2) is 6.51. The normalized spacial score (nSPS) is 20.9. The standard InChI is InChI=1S/C9H20N2O4S/c1-9(3-2-6-12)10-16(13,14)11-4-7-15-8-5-11/h9-10,12H,2-8H2,1H3. The van der Waals surface area contributed by atoms with E-state index in [0.717, 1.165) is 0 Å². The monoisotopic (exact) mass is 252 g/mol. The Kier molecular flexibility index (Phi) is 5.63. The van der Waals surface area contributed by atoms with Gasteiger partial charge in [-0.15, -0.1) is 0 Å². The van der Waals surface area contributed by atoms with Crippen molar-refractivity contribution in [3.05, 3.63) is 0 Å². The minimum absolute atomic E-state index is 0.0869. The third-order valence-electron chi connectivity index (χ3n) is 2.46. The highest BCUT2D eigenvalue weighted by molar-refractivity contribution is 7.87. The lowest BCUT2D eigenvalue weighted by Crippen LogP contribution is -2.48. The zero-order valence-electron chi connectivity index (χ0n) is 9.55. The number of ether oxygens (including phenoxy) is 1. The summed E-state index contributed by atoms with van der Waals surface area (Å²) in [5.74, 6) is 0. The molecule has 1 heterocycles. The Bertz CT molecular complexity index is 288. The van der Waals surface area contributed by atoms with Crippen molar-refractivity contribution >= 4 is 10.2 Å². The number of hydrogen-bond acceptors (Lipinski definition) is 4. The molecule has 0 aromatic rings. The average Bonchev–Trinajstić information content (AvgIpc) is 2.27. The van der Waals surface area contributed by atoms with Gasteiger partial charge in [-0.1, -0.05) is 0 Å². The van der Waals surface area contributed by atoms with E-state index in [1.807, 2.05) is 0 Å². The molecule has 2 N–H and O–H groups in total. The molecule has 1 atom stereocenters. The first kappa shape index (κ1) is 13.9. The Labute approximate surface area is 96.8 Å². The maximum absolute atomic E-state index is 11.9. The van der Waals surface area contributed by atoms with Gasteiger partial charge in [-0.05, 0) is 19.8 Å². The van der Waals surface area contributed by atoms with Gasteiger partial charge >= 0.3 is 0 Å². The fraction of sp³-hybridized carbons (Fsp3) is 1.00. The lowest BCUT2D eigenvalue weighted by molar-refractivity contribution is 0.0723. The smallest absolute Gasteiger partial charge is 0.279 e. The molecule has 0 radical (unpaired) electrons. The van der Waals surface area contributed by atoms with Gasteiger partial charge in [-0.3, -0.25) is 0 Å². The molecule has 1 aliphatic heterocycles. The summed E-state index contributed by atoms with van der Waals surface area (Å²) in [5, 5.41) is 8.66. The molecule has 6 nitrogen and oxygen atoms in total. The molecule has 7 heteroatoms. The van der Waals surface area contributed by atoms with Crippen LogP contribution < -0.4 is 4.72 Å². The first-order chi connectivity index (χ1) is 7.56. The molecule has 16 heavy (non-hydrogen) atoms. The van der Waals surface area contributed by atoms with Crippen LogP contribution >= 0.6 is 0 Å². The quantitative estimate of drug-likeness (QED) is 0.656. The van der Waals surface area contributed by atoms with Crippen LogP contribution in [0.2, 0.25) is 0 Å². The van der Waals surface area contributed by atoms with E-state index in [9.17, 15) is 8.42 Å². The molecule has 1 unspecified atom stereocenters. The zero-order chi connectivity index (χ0) is 12.0. The van der Waals surface area contributed by atoms with E-state index in [1.54, 1.807) is 6.92 Å². The van der Waals surface area contributed by atoms with Crippen molar-refractivity contribution in [3.8, 4) is 0 Å². The predicted molar refractivity (Wildman–Crippen MR) is 60.2 cm³/mol. The van der Waals surface area contributed by atoms with Crippen molar-refractivity contribution in [1.29, 1.82) is 0 Å². The molecule has 0 aliphatic carbocycles. The summed E-state index contributed by atoms with van der Waals surface area (Å²) in [6, 6.07) is -0.153. The number of morpholine rings is 1. The third kappa shape index (κ3) is 4.34. The summed E-state index contributed by atoms with van der Waals surface area (Å²) in [5.41, 5.74) is 0. The predicted octanol–water partition coefficient (Wildman–Crippen LogP) is -0.686. The van der Waals surface area contributed by atoms with Gasteiger partial charge in [0.15, 0.2) is 0 Å². The number of hydrogen-bond donors (Lipinski definition) is 2. The van der Waals surface area contributed by atoms with Crippen molar-refractivity contribution in [2.24, 2.45) is 0 Å². The van der Waals surface area contributed by atoms with Gasteiger partial charge in [-0.2, -0.15) is 17.4 Å². The molecular formula is C9H20N2O4S. The van der Waals surface area contributed by atoms with Crippen molar-refractivity contribution in [2.45, 2.75) is 25.8 Å². The van der Waals surface area contributed by atoms with E-state index < -0.39 is 10.2 Å². The van der Waals surface area contributed by atoms with Crippen LogP contribution in [-0.2, 0) is 14.9 Å². The molecule has 0 spiro atoms. The highest BCUT2D eigenvalue weighted by Gasteiger charge is 2.25. The molecule has 0 saturated carbocycles. The number of nitrogens with one attached hydrogen (secondary N) is 1. The van der Waals surface area contributed by atoms with E-state index in [1.165, 1.54) is 4.31 Å². The molecule has 0 bridgehead atoms. The van der Waals surface area contributed by atoms with Crippen molar-refractivity contribution in [3.63, 3.8) is 0 Å². The summed E-state index contributed by atoms with van der Waals surface area (Å²) in [6.07, 6.45) is 1.24. The molecule has 0 aromatic heterocycles. The number of rotatable bonds is 6. The summed E-state index contributed by atoms with van der Waals surface area (Å²) in [6.45, 7) is 3.60. The largest absolute Gasteiger partial charge is 0.396 e. The van der Waals surface area contributed by atoms with Crippen LogP contribution in [0.1, 0.15) is 19.8 Å². The van der Waals surface area contributed by atoms with Crippen molar-refractivity contribution in [1.82, 2.24) is 9.03 Å². The van der Waals surface area contributed by atoms with Gasteiger partial charge in [0.25, 0.3) is 10.2 Å². The lowest BCUT2D eigenvalue weighted by Gasteiger charge is -2.27. The van der Waals surface area contributed by atoms with E-state index in [2.05, 4.69) is 4.72 Å². The van der Waals surface area contributed by atoms with Crippen LogP contribution in [-0.4, -0.2) is 56.8 Å². The minimum Gasteiger partial charge on any atom is -0.396 e. The average molecular weight is 252 g/mol. The van der Waals surface area contributed by atoms with E-state index in [0.29, 0.717) is 39.1 Å². The Hall–Kier alpha value is -0.210. The third-order valence-corrected chi connectivity index (χ3v) is 4.20. The van der Waals surface area contributed by atoms with Gasteiger partial charge in [0, 0.05) is 25.7 Å². The van der Waals surface area contributed by atoms with Crippen LogP contribution in [0.15, 0.2) is 0 Å². The SMILES string of the molecule is CC(CCCO)NS(=O)(=O)N1CCOCC1. The zero-order valence-corrected chi connectivity index (χ0v) is 10.4. The molecule has 1 rings (SSSR count). The number of aliphatic hydroxyl groups excluding tert-OH is 1. The van der Waals surface area contributed by atoms with Crippen molar-refractivity contribution in [2.75, 3.05) is 32.9 Å². The molecule has 0 aromatic carbocycles. The second-order valence-electron chi connectivity index (χ2n) is 3.90. The molecular weight excluding hydrogens is 232 g/mol. The molecule has 96 valence electrons. The van der Waals surface area contributed by atoms with Crippen LogP contribution in [0.4, 0.5) is 0 Å². The van der Waals surface area contributed by atoms with Crippen LogP contribution in [0.25, 0.3) is 0 Å². The summed E-state index contributed by atoms with van der Waals surface area (Å²) < 4.78 is 32.8. The van der Waals surface area contributed by atoms with Crippen LogP contribution in [0.3, 0.4) is 0 Å². The number of nitrogens with zero attached hydrogens (tertiary/aromatic N) is 1. The highest BCUT2D eigenvalue weighted by Crippen LogP contribution is 2.05. The Morgan fingerprint density at radius 1 is 1.44 bits per heavy atom. The van der Waals surface area contributed by atoms with Gasteiger partial charge < -0.3 is 9.84 Å². The molecule has 1 fully saturated rings. The topological polar surface area (TPSA) is 78.9 Å². The van der Waals surface area contributed by atoms with Crippen LogP contribution in [0, 0.1) is 0 Å². The summed E-state index contributed by atoms with van der Waals surface area (Å²) in [7, 11) is -3.39. The first-order valence-electron chi connectivity index (χ1n) is 5.52. The molecule has 0 amide bonds. The van der Waals surface area contributed by atoms with E-state index in [-0.39, 0.29) is 12.6 Å².